The fourth-order valence-electron chi connectivity index (χ4n) is 1.70. The second kappa shape index (κ2) is 5.10. The van der Waals surface area contributed by atoms with E-state index < -0.39 is 10.0 Å². The summed E-state index contributed by atoms with van der Waals surface area (Å²) < 4.78 is 36.1. The Labute approximate surface area is 116 Å². The average molecular weight is 295 g/mol. The van der Waals surface area contributed by atoms with Crippen LogP contribution in [0.3, 0.4) is 0 Å². The third kappa shape index (κ3) is 3.25. The Hall–Kier alpha value is -2.12. The van der Waals surface area contributed by atoms with Gasteiger partial charge in [0, 0.05) is 17.1 Å². The molecule has 2 aromatic carbocycles. The van der Waals surface area contributed by atoms with Crippen molar-refractivity contribution in [3.05, 3.63) is 47.8 Å². The van der Waals surface area contributed by atoms with Gasteiger partial charge in [0.15, 0.2) is 0 Å². The molecule has 20 heavy (non-hydrogen) atoms. The Morgan fingerprint density at radius 3 is 2.40 bits per heavy atom. The lowest BCUT2D eigenvalue weighted by molar-refractivity contribution is 0.598. The van der Waals surface area contributed by atoms with Gasteiger partial charge in [0.25, 0.3) is 0 Å². The van der Waals surface area contributed by atoms with E-state index in [2.05, 4.69) is 5.32 Å². The van der Waals surface area contributed by atoms with Crippen LogP contribution < -0.4 is 16.2 Å². The van der Waals surface area contributed by atoms with Gasteiger partial charge in [-0.2, -0.15) is 0 Å². The Bertz CT molecular complexity index is 760. The topological polar surface area (TPSA) is 98.2 Å². The van der Waals surface area contributed by atoms with E-state index >= 15 is 0 Å². The molecular formula is C13H14FN3O2S. The van der Waals surface area contributed by atoms with Gasteiger partial charge in [-0.25, -0.2) is 17.9 Å². The normalized spacial score (nSPS) is 11.3. The summed E-state index contributed by atoms with van der Waals surface area (Å²) in [5.41, 5.74) is 7.29. The second-order valence-electron chi connectivity index (χ2n) is 4.42. The van der Waals surface area contributed by atoms with Crippen molar-refractivity contribution in [1.29, 1.82) is 0 Å². The molecule has 2 aromatic rings. The van der Waals surface area contributed by atoms with Crippen molar-refractivity contribution in [3.63, 3.8) is 0 Å². The zero-order chi connectivity index (χ0) is 14.9. The van der Waals surface area contributed by atoms with Gasteiger partial charge in [-0.3, -0.25) is 0 Å². The van der Waals surface area contributed by atoms with Gasteiger partial charge >= 0.3 is 0 Å². The summed E-state index contributed by atoms with van der Waals surface area (Å²) in [6, 6.07) is 8.74. The van der Waals surface area contributed by atoms with Gasteiger partial charge in [0.2, 0.25) is 10.0 Å². The summed E-state index contributed by atoms with van der Waals surface area (Å²) in [5.74, 6) is -0.356. The number of primary sulfonamides is 1. The van der Waals surface area contributed by atoms with Crippen LogP contribution in [-0.4, -0.2) is 8.42 Å². The first-order valence-corrected chi connectivity index (χ1v) is 7.27. The third-order valence-corrected chi connectivity index (χ3v) is 3.61. The van der Waals surface area contributed by atoms with Gasteiger partial charge in [-0.1, -0.05) is 6.07 Å². The predicted molar refractivity (Wildman–Crippen MR) is 76.6 cm³/mol. The molecule has 106 valence electrons. The molecule has 0 amide bonds. The monoisotopic (exact) mass is 295 g/mol. The summed E-state index contributed by atoms with van der Waals surface area (Å²) >= 11 is 0. The molecule has 7 heteroatoms. The van der Waals surface area contributed by atoms with E-state index in [-0.39, 0.29) is 16.4 Å². The van der Waals surface area contributed by atoms with Crippen LogP contribution >= 0.6 is 0 Å². The van der Waals surface area contributed by atoms with Crippen molar-refractivity contribution in [2.24, 2.45) is 5.14 Å². The number of hydrogen-bond acceptors (Lipinski definition) is 4. The largest absolute Gasteiger partial charge is 0.399 e. The highest BCUT2D eigenvalue weighted by molar-refractivity contribution is 7.89. The third-order valence-electron chi connectivity index (χ3n) is 2.72. The number of aryl methyl sites for hydroxylation is 1. The molecule has 0 aliphatic rings. The van der Waals surface area contributed by atoms with E-state index in [0.29, 0.717) is 16.9 Å². The summed E-state index contributed by atoms with van der Waals surface area (Å²) in [6.07, 6.45) is 0. The number of benzene rings is 2. The van der Waals surface area contributed by atoms with Gasteiger partial charge in [-0.15, -0.1) is 0 Å². The molecule has 0 heterocycles. The quantitative estimate of drug-likeness (QED) is 0.755. The lowest BCUT2D eigenvalue weighted by Gasteiger charge is -2.10. The Morgan fingerprint density at radius 1 is 1.10 bits per heavy atom. The zero-order valence-electron chi connectivity index (χ0n) is 10.7. The minimum atomic E-state index is -3.85. The number of sulfonamides is 1. The minimum absolute atomic E-state index is 0.104. The van der Waals surface area contributed by atoms with E-state index in [1.165, 1.54) is 24.3 Å². The maximum atomic E-state index is 13.4. The molecule has 0 aromatic heterocycles. The van der Waals surface area contributed by atoms with Crippen molar-refractivity contribution in [1.82, 2.24) is 0 Å². The SMILES string of the molecule is Cc1ccc(Nc2cc(N)cc(S(N)(=O)=O)c2)cc1F. The maximum Gasteiger partial charge on any atom is 0.238 e. The van der Waals surface area contributed by atoms with Crippen LogP contribution in [0.5, 0.6) is 0 Å². The van der Waals surface area contributed by atoms with Gasteiger partial charge in [0.05, 0.1) is 4.90 Å². The van der Waals surface area contributed by atoms with Crippen LogP contribution in [-0.2, 0) is 10.0 Å². The first-order chi connectivity index (χ1) is 9.25. The molecule has 0 atom stereocenters. The highest BCUT2D eigenvalue weighted by Crippen LogP contribution is 2.24. The highest BCUT2D eigenvalue weighted by Gasteiger charge is 2.10. The first kappa shape index (κ1) is 14.3. The van der Waals surface area contributed by atoms with E-state index in [1.54, 1.807) is 19.1 Å². The Kier molecular flexibility index (Phi) is 3.65. The number of nitrogen functional groups attached to an aromatic ring is 1. The Morgan fingerprint density at radius 2 is 1.80 bits per heavy atom. The smallest absolute Gasteiger partial charge is 0.238 e. The second-order valence-corrected chi connectivity index (χ2v) is 5.99. The molecular weight excluding hydrogens is 281 g/mol. The summed E-state index contributed by atoms with van der Waals surface area (Å²) in [5, 5.41) is 7.95. The molecule has 0 aliphatic heterocycles. The van der Waals surface area contributed by atoms with Crippen molar-refractivity contribution < 1.29 is 12.8 Å². The molecule has 0 bridgehead atoms. The van der Waals surface area contributed by atoms with Gasteiger partial charge in [0.1, 0.15) is 5.82 Å². The maximum absolute atomic E-state index is 13.4. The molecule has 0 saturated carbocycles. The van der Waals surface area contributed by atoms with Crippen LogP contribution in [0.2, 0.25) is 0 Å². The minimum Gasteiger partial charge on any atom is -0.399 e. The number of halogens is 1. The van der Waals surface area contributed by atoms with Crippen LogP contribution in [0, 0.1) is 12.7 Å². The molecule has 0 aliphatic carbocycles. The summed E-state index contributed by atoms with van der Waals surface area (Å²) in [4.78, 5) is -0.104. The van der Waals surface area contributed by atoms with E-state index in [1.807, 2.05) is 0 Å². The molecule has 0 radical (unpaired) electrons. The molecule has 0 unspecified atom stereocenters. The van der Waals surface area contributed by atoms with Crippen molar-refractivity contribution in [2.45, 2.75) is 11.8 Å². The van der Waals surface area contributed by atoms with Crippen LogP contribution in [0.15, 0.2) is 41.3 Å². The number of anilines is 3. The fraction of sp³-hybridized carbons (Fsp3) is 0.0769. The van der Waals surface area contributed by atoms with Gasteiger partial charge in [-0.05, 0) is 42.8 Å². The predicted octanol–water partition coefficient (Wildman–Crippen LogP) is 2.11. The number of nitrogens with one attached hydrogen (secondary N) is 1. The molecule has 2 rings (SSSR count). The van der Waals surface area contributed by atoms with E-state index in [9.17, 15) is 12.8 Å². The summed E-state index contributed by atoms with van der Waals surface area (Å²) in [6.45, 7) is 1.65. The average Bonchev–Trinajstić information content (AvgIpc) is 2.32. The first-order valence-electron chi connectivity index (χ1n) is 5.72. The van der Waals surface area contributed by atoms with E-state index in [0.717, 1.165) is 0 Å². The van der Waals surface area contributed by atoms with Gasteiger partial charge < -0.3 is 11.1 Å². The van der Waals surface area contributed by atoms with E-state index in [4.69, 9.17) is 10.9 Å². The molecule has 0 spiro atoms. The standard InChI is InChI=1S/C13H14FN3O2S/c1-8-2-3-10(7-13(8)14)17-11-4-9(15)5-12(6-11)20(16,18)19/h2-7,17H,15H2,1H3,(H2,16,18,19). The lowest BCUT2D eigenvalue weighted by Crippen LogP contribution is -2.12. The van der Waals surface area contributed by atoms with Crippen molar-refractivity contribution >= 4 is 27.1 Å². The molecule has 5 nitrogen and oxygen atoms in total. The zero-order valence-corrected chi connectivity index (χ0v) is 11.5. The van der Waals surface area contributed by atoms with Crippen LogP contribution in [0.25, 0.3) is 0 Å². The summed E-state index contributed by atoms with van der Waals surface area (Å²) in [7, 11) is -3.85. The highest BCUT2D eigenvalue weighted by atomic mass is 32.2. The lowest BCUT2D eigenvalue weighted by atomic mass is 10.2. The number of rotatable bonds is 3. The number of nitrogens with two attached hydrogens (primary N) is 2. The molecule has 0 fully saturated rings. The van der Waals surface area contributed by atoms with Crippen molar-refractivity contribution in [3.8, 4) is 0 Å². The Balaban J connectivity index is 2.38. The molecule has 5 N–H and O–H groups in total. The van der Waals surface area contributed by atoms with Crippen molar-refractivity contribution in [2.75, 3.05) is 11.1 Å². The molecule has 0 saturated heterocycles. The fourth-order valence-corrected chi connectivity index (χ4v) is 2.29. The van der Waals surface area contributed by atoms with Crippen LogP contribution in [0.1, 0.15) is 5.56 Å². The number of hydrogen-bond donors (Lipinski definition) is 3. The van der Waals surface area contributed by atoms with Crippen LogP contribution in [0.4, 0.5) is 21.5 Å².